The van der Waals surface area contributed by atoms with Crippen LogP contribution in [0.4, 0.5) is 0 Å². The minimum atomic E-state index is -1.18. The number of rotatable bonds is 2. The summed E-state index contributed by atoms with van der Waals surface area (Å²) in [6, 6.07) is 0. The molecule has 2 saturated heterocycles. The average Bonchev–Trinajstić information content (AvgIpc) is 2.63. The molecular weight excluding hydrogens is 389 g/mol. The first-order valence-electron chi connectivity index (χ1n) is 7.60. The molecule has 0 radical (unpaired) electrons. The molecular formula is C14H21INO5-. The first kappa shape index (κ1) is 16.0. The first-order chi connectivity index (χ1) is 9.99. The standard InChI is InChI=1S/C14H22INO5/c1-7-8-3-4-10(15)9-5-6-14(2,21-18)20-13(11(8)9)19-12(7)16-17/h7-13,18H,3-6H2,1-2H3/p-1/t7-,8?,9+,10?,11?,12?,13?,14?/m1/s1. The second kappa shape index (κ2) is 5.99. The first-order valence-corrected chi connectivity index (χ1v) is 8.84. The molecule has 0 aromatic heterocycles. The molecule has 0 bridgehead atoms. The molecule has 3 fully saturated rings. The van der Waals surface area contributed by atoms with Crippen molar-refractivity contribution in [2.45, 2.75) is 61.8 Å². The van der Waals surface area contributed by atoms with Gasteiger partial charge < -0.3 is 19.6 Å². The number of hydrogen-bond acceptors (Lipinski definition) is 6. The predicted octanol–water partition coefficient (Wildman–Crippen LogP) is 2.34. The molecule has 6 nitrogen and oxygen atoms in total. The fraction of sp³-hybridized carbons (Fsp3) is 1.00. The number of hydrogen-bond donors (Lipinski definition) is 0. The summed E-state index contributed by atoms with van der Waals surface area (Å²) < 4.78 is 12.2. The van der Waals surface area contributed by atoms with Crippen LogP contribution >= 0.6 is 22.6 Å². The van der Waals surface area contributed by atoms with Gasteiger partial charge in [-0.25, -0.2) is 0 Å². The zero-order chi connectivity index (χ0) is 15.2. The lowest BCUT2D eigenvalue weighted by Crippen LogP contribution is -2.54. The lowest BCUT2D eigenvalue weighted by molar-refractivity contribution is -0.740. The van der Waals surface area contributed by atoms with Crippen molar-refractivity contribution >= 4 is 22.6 Å². The normalized spacial score (nSPS) is 53.6. The Balaban J connectivity index is 1.93. The Morgan fingerprint density at radius 2 is 2.10 bits per heavy atom. The minimum absolute atomic E-state index is 0.0938. The van der Waals surface area contributed by atoms with Gasteiger partial charge in [0.1, 0.15) is 0 Å². The van der Waals surface area contributed by atoms with Gasteiger partial charge in [0.05, 0.1) is 0 Å². The summed E-state index contributed by atoms with van der Waals surface area (Å²) in [6.07, 6.45) is 2.36. The van der Waals surface area contributed by atoms with Crippen molar-refractivity contribution in [3.8, 4) is 0 Å². The monoisotopic (exact) mass is 410 g/mol. The SMILES string of the molecule is C[C@H]1C(N=O)OC2OC(C)(O[O-])CC[C@H]3C(I)CCC1C23. The Morgan fingerprint density at radius 1 is 1.33 bits per heavy atom. The van der Waals surface area contributed by atoms with Crippen molar-refractivity contribution in [2.75, 3.05) is 0 Å². The molecule has 2 aliphatic heterocycles. The molecule has 8 atom stereocenters. The molecule has 1 saturated carbocycles. The van der Waals surface area contributed by atoms with Crippen molar-refractivity contribution in [2.24, 2.45) is 28.8 Å². The van der Waals surface area contributed by atoms with Crippen LogP contribution in [0.1, 0.15) is 39.5 Å². The summed E-state index contributed by atoms with van der Waals surface area (Å²) >= 11 is 2.50. The van der Waals surface area contributed by atoms with Crippen molar-refractivity contribution in [1.29, 1.82) is 0 Å². The van der Waals surface area contributed by atoms with Gasteiger partial charge in [0.25, 0.3) is 0 Å². The topological polar surface area (TPSA) is 80.2 Å². The Bertz CT molecular complexity index is 411. The molecule has 21 heavy (non-hydrogen) atoms. The third kappa shape index (κ3) is 2.75. The smallest absolute Gasteiger partial charge is 0.195 e. The van der Waals surface area contributed by atoms with E-state index in [1.54, 1.807) is 6.92 Å². The maximum atomic E-state index is 11.1. The highest BCUT2D eigenvalue weighted by atomic mass is 127. The van der Waals surface area contributed by atoms with Gasteiger partial charge in [-0.05, 0) is 43.2 Å². The van der Waals surface area contributed by atoms with Crippen molar-refractivity contribution in [3.05, 3.63) is 4.91 Å². The Hall–Kier alpha value is 0.170. The highest BCUT2D eigenvalue weighted by Gasteiger charge is 2.54. The number of nitroso groups, excluding NO2 is 1. The summed E-state index contributed by atoms with van der Waals surface area (Å²) in [5, 5.41) is 14.2. The van der Waals surface area contributed by atoms with Crippen molar-refractivity contribution < 1.29 is 19.6 Å². The van der Waals surface area contributed by atoms with Gasteiger partial charge in [0.15, 0.2) is 18.3 Å². The summed E-state index contributed by atoms with van der Waals surface area (Å²) in [5.74, 6) is -0.0866. The third-order valence-corrected chi connectivity index (χ3v) is 7.07. The summed E-state index contributed by atoms with van der Waals surface area (Å²) in [7, 11) is 0. The minimum Gasteiger partial charge on any atom is -0.721 e. The molecule has 0 amide bonds. The quantitative estimate of drug-likeness (QED) is 0.230. The molecule has 7 heteroatoms. The zero-order valence-corrected chi connectivity index (χ0v) is 14.4. The molecule has 2 heterocycles. The number of ether oxygens (including phenoxy) is 2. The van der Waals surface area contributed by atoms with Gasteiger partial charge in [-0.2, -0.15) is 0 Å². The van der Waals surface area contributed by atoms with Crippen LogP contribution in [0.3, 0.4) is 0 Å². The van der Waals surface area contributed by atoms with E-state index in [-0.39, 0.29) is 11.8 Å². The predicted molar refractivity (Wildman–Crippen MR) is 80.9 cm³/mol. The van der Waals surface area contributed by atoms with E-state index in [1.165, 1.54) is 0 Å². The fourth-order valence-corrected chi connectivity index (χ4v) is 5.49. The highest BCUT2D eigenvalue weighted by molar-refractivity contribution is 14.1. The van der Waals surface area contributed by atoms with Crippen LogP contribution in [-0.2, 0) is 14.4 Å². The van der Waals surface area contributed by atoms with Gasteiger partial charge in [-0.15, -0.1) is 4.91 Å². The van der Waals surface area contributed by atoms with Crippen LogP contribution in [0.5, 0.6) is 0 Å². The zero-order valence-electron chi connectivity index (χ0n) is 12.2. The molecule has 0 N–H and O–H groups in total. The Morgan fingerprint density at radius 3 is 2.76 bits per heavy atom. The van der Waals surface area contributed by atoms with Crippen molar-refractivity contribution in [3.63, 3.8) is 0 Å². The van der Waals surface area contributed by atoms with Gasteiger partial charge in [0, 0.05) is 22.2 Å². The van der Waals surface area contributed by atoms with E-state index in [2.05, 4.69) is 32.7 Å². The van der Waals surface area contributed by atoms with Crippen LogP contribution in [-0.4, -0.2) is 22.2 Å². The lowest BCUT2D eigenvalue weighted by Gasteiger charge is -2.50. The second-order valence-electron chi connectivity index (χ2n) is 6.73. The van der Waals surface area contributed by atoms with Crippen LogP contribution in [0.15, 0.2) is 5.18 Å². The highest BCUT2D eigenvalue weighted by Crippen LogP contribution is 2.53. The summed E-state index contributed by atoms with van der Waals surface area (Å²) in [6.45, 7) is 3.69. The lowest BCUT2D eigenvalue weighted by atomic mass is 9.64. The van der Waals surface area contributed by atoms with Crippen LogP contribution in [0.25, 0.3) is 0 Å². The fourth-order valence-electron chi connectivity index (χ4n) is 4.29. The number of halogens is 1. The molecule has 3 aliphatic rings. The van der Waals surface area contributed by atoms with Gasteiger partial charge in [-0.1, -0.05) is 29.5 Å². The average molecular weight is 410 g/mol. The molecule has 3 rings (SSSR count). The van der Waals surface area contributed by atoms with Crippen LogP contribution < -0.4 is 5.26 Å². The molecule has 0 spiro atoms. The van der Waals surface area contributed by atoms with E-state index >= 15 is 0 Å². The van der Waals surface area contributed by atoms with Crippen molar-refractivity contribution in [1.82, 2.24) is 0 Å². The van der Waals surface area contributed by atoms with E-state index in [0.29, 0.717) is 22.2 Å². The van der Waals surface area contributed by atoms with E-state index in [4.69, 9.17) is 9.47 Å². The summed E-state index contributed by atoms with van der Waals surface area (Å²) in [4.78, 5) is 15.4. The van der Waals surface area contributed by atoms with Gasteiger partial charge in [-0.3, -0.25) is 0 Å². The molecule has 6 unspecified atom stereocenters. The third-order valence-electron chi connectivity index (χ3n) is 5.52. The Labute approximate surface area is 137 Å². The maximum Gasteiger partial charge on any atom is 0.195 e. The molecule has 0 aromatic rings. The van der Waals surface area contributed by atoms with E-state index in [9.17, 15) is 10.2 Å². The largest absolute Gasteiger partial charge is 0.721 e. The van der Waals surface area contributed by atoms with E-state index in [1.807, 2.05) is 6.92 Å². The van der Waals surface area contributed by atoms with Crippen LogP contribution in [0.2, 0.25) is 0 Å². The number of nitrogens with zero attached hydrogens (tertiary/aromatic N) is 1. The molecule has 1 aliphatic carbocycles. The molecule has 0 aromatic carbocycles. The van der Waals surface area contributed by atoms with Crippen LogP contribution in [0, 0.1) is 28.6 Å². The van der Waals surface area contributed by atoms with Gasteiger partial charge in [0.2, 0.25) is 0 Å². The second-order valence-corrected chi connectivity index (χ2v) is 8.33. The Kier molecular flexibility index (Phi) is 4.58. The maximum absolute atomic E-state index is 11.1. The van der Waals surface area contributed by atoms with E-state index in [0.717, 1.165) is 19.3 Å². The van der Waals surface area contributed by atoms with Gasteiger partial charge >= 0.3 is 0 Å². The summed E-state index contributed by atoms with van der Waals surface area (Å²) in [5.41, 5.74) is 0. The molecule has 120 valence electrons. The van der Waals surface area contributed by atoms with E-state index < -0.39 is 18.3 Å². The number of alkyl halides is 1.